The van der Waals surface area contributed by atoms with Crippen molar-refractivity contribution in [2.75, 3.05) is 29.9 Å². The molecule has 146 valence electrons. The van der Waals surface area contributed by atoms with Crippen LogP contribution >= 0.6 is 0 Å². The molecule has 1 aliphatic rings. The van der Waals surface area contributed by atoms with Crippen molar-refractivity contribution in [3.8, 4) is 11.5 Å². The minimum absolute atomic E-state index is 0.0103. The topological polar surface area (TPSA) is 113 Å². The predicted molar refractivity (Wildman–Crippen MR) is 107 cm³/mol. The SMILES string of the molecule is Cc1nc(NC(=O)c2ccc(N3CCNCC3=O)cc2)nc(-c2ccccn2)n1. The van der Waals surface area contributed by atoms with Gasteiger partial charge in [0.2, 0.25) is 11.9 Å². The van der Waals surface area contributed by atoms with E-state index in [1.807, 2.05) is 6.07 Å². The van der Waals surface area contributed by atoms with Gasteiger partial charge in [-0.15, -0.1) is 0 Å². The van der Waals surface area contributed by atoms with Crippen LogP contribution in [0.1, 0.15) is 16.2 Å². The van der Waals surface area contributed by atoms with Gasteiger partial charge in [0.25, 0.3) is 5.91 Å². The molecule has 0 unspecified atom stereocenters. The fourth-order valence-corrected chi connectivity index (χ4v) is 2.99. The van der Waals surface area contributed by atoms with Gasteiger partial charge in [0.1, 0.15) is 11.5 Å². The molecule has 0 saturated carbocycles. The number of pyridine rings is 1. The third-order valence-electron chi connectivity index (χ3n) is 4.40. The largest absolute Gasteiger partial charge is 0.310 e. The molecule has 2 amide bonds. The number of aryl methyl sites for hydroxylation is 1. The summed E-state index contributed by atoms with van der Waals surface area (Å²) in [7, 11) is 0. The highest BCUT2D eigenvalue weighted by atomic mass is 16.2. The van der Waals surface area contributed by atoms with Gasteiger partial charge in [-0.05, 0) is 43.3 Å². The van der Waals surface area contributed by atoms with Crippen LogP contribution in [0.5, 0.6) is 0 Å². The molecule has 9 nitrogen and oxygen atoms in total. The number of benzene rings is 1. The van der Waals surface area contributed by atoms with Gasteiger partial charge in [0.15, 0.2) is 5.82 Å². The monoisotopic (exact) mass is 389 g/mol. The normalized spacial score (nSPS) is 14.0. The standard InChI is InChI=1S/C20H19N7O2/c1-13-23-18(16-4-2-3-9-22-16)25-20(24-13)26-19(29)14-5-7-15(8-6-14)27-11-10-21-12-17(27)28/h2-9,21H,10-12H2,1H3,(H,23,24,25,26,29). The molecule has 1 aromatic carbocycles. The van der Waals surface area contributed by atoms with Crippen LogP contribution in [0.15, 0.2) is 48.7 Å². The number of aromatic nitrogens is 4. The number of nitrogens with zero attached hydrogens (tertiary/aromatic N) is 5. The number of rotatable bonds is 4. The van der Waals surface area contributed by atoms with E-state index in [1.165, 1.54) is 0 Å². The third-order valence-corrected chi connectivity index (χ3v) is 4.40. The number of piperazine rings is 1. The molecule has 0 atom stereocenters. The third kappa shape index (κ3) is 4.25. The van der Waals surface area contributed by atoms with E-state index in [0.717, 1.165) is 12.2 Å². The van der Waals surface area contributed by atoms with E-state index in [1.54, 1.807) is 54.4 Å². The van der Waals surface area contributed by atoms with Crippen LogP contribution < -0.4 is 15.5 Å². The van der Waals surface area contributed by atoms with Gasteiger partial charge in [0.05, 0.1) is 6.54 Å². The first-order chi connectivity index (χ1) is 14.1. The van der Waals surface area contributed by atoms with Gasteiger partial charge < -0.3 is 10.2 Å². The van der Waals surface area contributed by atoms with Crippen LogP contribution in [-0.4, -0.2) is 51.4 Å². The number of anilines is 2. The van der Waals surface area contributed by atoms with Gasteiger partial charge in [-0.1, -0.05) is 6.07 Å². The molecule has 0 radical (unpaired) electrons. The maximum absolute atomic E-state index is 12.6. The Bertz CT molecular complexity index is 1040. The first kappa shape index (κ1) is 18.6. The second kappa shape index (κ2) is 8.11. The van der Waals surface area contributed by atoms with Crippen molar-refractivity contribution in [2.45, 2.75) is 6.92 Å². The highest BCUT2D eigenvalue weighted by Crippen LogP contribution is 2.18. The van der Waals surface area contributed by atoms with E-state index in [0.29, 0.717) is 36.0 Å². The summed E-state index contributed by atoms with van der Waals surface area (Å²) in [6, 6.07) is 12.3. The Kier molecular flexibility index (Phi) is 5.21. The van der Waals surface area contributed by atoms with Crippen molar-refractivity contribution >= 4 is 23.5 Å². The van der Waals surface area contributed by atoms with Crippen LogP contribution in [0.3, 0.4) is 0 Å². The van der Waals surface area contributed by atoms with Crippen molar-refractivity contribution in [3.05, 3.63) is 60.0 Å². The summed E-state index contributed by atoms with van der Waals surface area (Å²) < 4.78 is 0. The highest BCUT2D eigenvalue weighted by molar-refractivity contribution is 6.04. The Morgan fingerprint density at radius 1 is 1.10 bits per heavy atom. The molecule has 1 saturated heterocycles. The molecular formula is C20H19N7O2. The lowest BCUT2D eigenvalue weighted by Gasteiger charge is -2.27. The predicted octanol–water partition coefficient (Wildman–Crippen LogP) is 1.43. The van der Waals surface area contributed by atoms with Crippen LogP contribution in [0, 0.1) is 6.92 Å². The number of nitrogens with one attached hydrogen (secondary N) is 2. The summed E-state index contributed by atoms with van der Waals surface area (Å²) in [4.78, 5) is 43.3. The van der Waals surface area contributed by atoms with E-state index in [-0.39, 0.29) is 17.8 Å². The Balaban J connectivity index is 1.51. The van der Waals surface area contributed by atoms with Gasteiger partial charge in [0, 0.05) is 30.5 Å². The fraction of sp³-hybridized carbons (Fsp3) is 0.200. The molecule has 1 fully saturated rings. The molecule has 3 aromatic rings. The summed E-state index contributed by atoms with van der Waals surface area (Å²) in [5.74, 6) is 0.686. The summed E-state index contributed by atoms with van der Waals surface area (Å²) in [6.45, 7) is 3.39. The lowest BCUT2D eigenvalue weighted by Crippen LogP contribution is -2.48. The van der Waals surface area contributed by atoms with Crippen LogP contribution in [0.4, 0.5) is 11.6 Å². The van der Waals surface area contributed by atoms with E-state index in [2.05, 4.69) is 30.6 Å². The molecule has 9 heteroatoms. The van der Waals surface area contributed by atoms with Crippen molar-refractivity contribution in [1.29, 1.82) is 0 Å². The maximum Gasteiger partial charge on any atom is 0.258 e. The lowest BCUT2D eigenvalue weighted by molar-refractivity contribution is -0.118. The second-order valence-corrected chi connectivity index (χ2v) is 6.47. The molecule has 2 N–H and O–H groups in total. The summed E-state index contributed by atoms with van der Waals surface area (Å²) in [5, 5.41) is 5.73. The molecule has 29 heavy (non-hydrogen) atoms. The van der Waals surface area contributed by atoms with Crippen LogP contribution in [-0.2, 0) is 4.79 Å². The van der Waals surface area contributed by atoms with Crippen molar-refractivity contribution < 1.29 is 9.59 Å². The number of carbonyl (C=O) groups excluding carboxylic acids is 2. The first-order valence-electron chi connectivity index (χ1n) is 9.17. The molecule has 0 spiro atoms. The number of hydrogen-bond acceptors (Lipinski definition) is 7. The highest BCUT2D eigenvalue weighted by Gasteiger charge is 2.19. The fourth-order valence-electron chi connectivity index (χ4n) is 2.99. The Hall–Kier alpha value is -3.72. The summed E-state index contributed by atoms with van der Waals surface area (Å²) in [5.41, 5.74) is 1.80. The zero-order chi connectivity index (χ0) is 20.2. The van der Waals surface area contributed by atoms with Gasteiger partial charge in [-0.25, -0.2) is 4.98 Å². The Morgan fingerprint density at radius 2 is 1.93 bits per heavy atom. The number of hydrogen-bond donors (Lipinski definition) is 2. The minimum atomic E-state index is -0.347. The summed E-state index contributed by atoms with van der Waals surface area (Å²) >= 11 is 0. The minimum Gasteiger partial charge on any atom is -0.310 e. The van der Waals surface area contributed by atoms with Gasteiger partial charge in [-0.2, -0.15) is 9.97 Å². The molecule has 1 aliphatic heterocycles. The molecule has 0 aliphatic carbocycles. The maximum atomic E-state index is 12.6. The average Bonchev–Trinajstić information content (AvgIpc) is 2.74. The molecule has 2 aromatic heterocycles. The lowest BCUT2D eigenvalue weighted by atomic mass is 10.1. The molecule has 4 rings (SSSR count). The van der Waals surface area contributed by atoms with E-state index in [9.17, 15) is 9.59 Å². The first-order valence-corrected chi connectivity index (χ1v) is 9.17. The van der Waals surface area contributed by atoms with Crippen LogP contribution in [0.25, 0.3) is 11.5 Å². The zero-order valence-electron chi connectivity index (χ0n) is 15.8. The molecule has 3 heterocycles. The second-order valence-electron chi connectivity index (χ2n) is 6.47. The van der Waals surface area contributed by atoms with Crippen LogP contribution in [0.2, 0.25) is 0 Å². The smallest absolute Gasteiger partial charge is 0.258 e. The number of amides is 2. The van der Waals surface area contributed by atoms with E-state index in [4.69, 9.17) is 0 Å². The van der Waals surface area contributed by atoms with E-state index < -0.39 is 0 Å². The quantitative estimate of drug-likeness (QED) is 0.694. The molecule has 0 bridgehead atoms. The Morgan fingerprint density at radius 3 is 2.66 bits per heavy atom. The van der Waals surface area contributed by atoms with Gasteiger partial charge >= 0.3 is 0 Å². The Labute approximate surface area is 167 Å². The van der Waals surface area contributed by atoms with E-state index >= 15 is 0 Å². The van der Waals surface area contributed by atoms with Gasteiger partial charge in [-0.3, -0.25) is 19.9 Å². The zero-order valence-corrected chi connectivity index (χ0v) is 15.8. The van der Waals surface area contributed by atoms with Crippen molar-refractivity contribution in [2.24, 2.45) is 0 Å². The summed E-state index contributed by atoms with van der Waals surface area (Å²) in [6.07, 6.45) is 1.65. The number of carbonyl (C=O) groups is 2. The molecular weight excluding hydrogens is 370 g/mol. The average molecular weight is 389 g/mol. The van der Waals surface area contributed by atoms with Crippen molar-refractivity contribution in [1.82, 2.24) is 25.3 Å². The van der Waals surface area contributed by atoms with Crippen molar-refractivity contribution in [3.63, 3.8) is 0 Å².